The Bertz CT molecular complexity index is 1740. The number of pyridine rings is 3. The number of halogens is 2. The molecule has 1 amide bonds. The van der Waals surface area contributed by atoms with E-state index >= 15 is 0 Å². The van der Waals surface area contributed by atoms with Gasteiger partial charge in [-0.2, -0.15) is 0 Å². The molecule has 0 unspecified atom stereocenters. The van der Waals surface area contributed by atoms with Gasteiger partial charge in [-0.05, 0) is 49.2 Å². The van der Waals surface area contributed by atoms with Gasteiger partial charge in [0, 0.05) is 41.8 Å². The van der Waals surface area contributed by atoms with Crippen molar-refractivity contribution < 1.29 is 28.2 Å². The smallest absolute Gasteiger partial charge is 0.261 e. The molecule has 39 heavy (non-hydrogen) atoms. The Balaban J connectivity index is 1.39. The first kappa shape index (κ1) is 25.5. The Labute approximate surface area is 221 Å². The Kier molecular flexibility index (Phi) is 6.76. The van der Waals surface area contributed by atoms with Crippen LogP contribution in [0.25, 0.3) is 22.2 Å². The van der Waals surface area contributed by atoms with Crippen LogP contribution in [0.2, 0.25) is 0 Å². The number of amides is 1. The average molecular weight is 529 g/mol. The zero-order valence-electron chi connectivity index (χ0n) is 21.1. The van der Waals surface area contributed by atoms with Gasteiger partial charge in [-0.1, -0.05) is 6.07 Å². The molecule has 0 aliphatic rings. The molecule has 0 saturated carbocycles. The molecule has 0 aliphatic heterocycles. The van der Waals surface area contributed by atoms with E-state index in [-0.39, 0.29) is 45.6 Å². The molecule has 5 aromatic rings. The molecule has 0 fully saturated rings. The van der Waals surface area contributed by atoms with Crippen molar-refractivity contribution in [3.63, 3.8) is 0 Å². The number of rotatable bonds is 6. The molecule has 10 heteroatoms. The van der Waals surface area contributed by atoms with Crippen molar-refractivity contribution in [1.82, 2.24) is 15.0 Å². The van der Waals surface area contributed by atoms with Crippen molar-refractivity contribution in [1.29, 1.82) is 0 Å². The van der Waals surface area contributed by atoms with E-state index in [0.717, 1.165) is 6.07 Å². The summed E-state index contributed by atoms with van der Waals surface area (Å²) in [5.74, 6) is -1.41. The standard InChI is InChI=1S/C29H22F2N4O4/c1-15-10-17(4-6-21(15)30)20-14-33-16(2)26(28(20)36)29(37)35-18-5-7-24(22(31)11-18)39-25-8-9-32-23-12-19(38-3)13-34-27(23)25/h4-14H,1-3H3,(H,33,36)(H,35,37). The van der Waals surface area contributed by atoms with Crippen LogP contribution in [-0.2, 0) is 0 Å². The Morgan fingerprint density at radius 3 is 2.49 bits per heavy atom. The minimum Gasteiger partial charge on any atom is -0.506 e. The fourth-order valence-corrected chi connectivity index (χ4v) is 4.04. The van der Waals surface area contributed by atoms with E-state index in [1.165, 1.54) is 50.0 Å². The third kappa shape index (κ3) is 5.04. The Morgan fingerprint density at radius 2 is 1.74 bits per heavy atom. The number of methoxy groups -OCH3 is 1. The predicted molar refractivity (Wildman–Crippen MR) is 141 cm³/mol. The summed E-state index contributed by atoms with van der Waals surface area (Å²) in [7, 11) is 1.52. The molecule has 196 valence electrons. The minimum absolute atomic E-state index is 0.0834. The maximum absolute atomic E-state index is 15.0. The van der Waals surface area contributed by atoms with E-state index in [2.05, 4.69) is 20.3 Å². The van der Waals surface area contributed by atoms with Crippen molar-refractivity contribution >= 4 is 22.6 Å². The third-order valence-corrected chi connectivity index (χ3v) is 6.10. The molecule has 5 rings (SSSR count). The maximum atomic E-state index is 15.0. The van der Waals surface area contributed by atoms with Crippen molar-refractivity contribution in [2.75, 3.05) is 12.4 Å². The van der Waals surface area contributed by atoms with E-state index in [1.54, 1.807) is 32.0 Å². The van der Waals surface area contributed by atoms with Gasteiger partial charge in [-0.25, -0.2) is 13.8 Å². The van der Waals surface area contributed by atoms with Gasteiger partial charge in [0.1, 0.15) is 28.4 Å². The van der Waals surface area contributed by atoms with Crippen LogP contribution in [0.15, 0.2) is 67.1 Å². The zero-order valence-corrected chi connectivity index (χ0v) is 21.1. The van der Waals surface area contributed by atoms with E-state index < -0.39 is 11.7 Å². The molecule has 8 nitrogen and oxygen atoms in total. The van der Waals surface area contributed by atoms with Crippen LogP contribution in [0, 0.1) is 25.5 Å². The maximum Gasteiger partial charge on any atom is 0.261 e. The number of fused-ring (bicyclic) bond motifs is 1. The SMILES string of the molecule is COc1cnc2c(Oc3ccc(NC(=O)c4c(C)ncc(-c5ccc(F)c(C)c5)c4O)cc3F)ccnc2c1. The van der Waals surface area contributed by atoms with Crippen LogP contribution < -0.4 is 14.8 Å². The lowest BCUT2D eigenvalue weighted by atomic mass is 10.0. The fraction of sp³-hybridized carbons (Fsp3) is 0.103. The number of hydrogen-bond donors (Lipinski definition) is 2. The van der Waals surface area contributed by atoms with Crippen molar-refractivity contribution in [2.45, 2.75) is 13.8 Å². The number of nitrogens with zero attached hydrogens (tertiary/aromatic N) is 3. The highest BCUT2D eigenvalue weighted by Gasteiger charge is 2.21. The summed E-state index contributed by atoms with van der Waals surface area (Å²) in [6.07, 6.45) is 4.42. The van der Waals surface area contributed by atoms with E-state index in [4.69, 9.17) is 9.47 Å². The predicted octanol–water partition coefficient (Wildman–Crippen LogP) is 6.35. The first-order chi connectivity index (χ1) is 18.7. The number of ether oxygens (including phenoxy) is 2. The van der Waals surface area contributed by atoms with Crippen LogP contribution in [0.3, 0.4) is 0 Å². The Morgan fingerprint density at radius 1 is 0.923 bits per heavy atom. The highest BCUT2D eigenvalue weighted by molar-refractivity contribution is 6.08. The number of carbonyl (C=O) groups is 1. The number of nitrogens with one attached hydrogen (secondary N) is 1. The zero-order chi connectivity index (χ0) is 27.7. The van der Waals surface area contributed by atoms with Crippen LogP contribution in [0.1, 0.15) is 21.6 Å². The summed E-state index contributed by atoms with van der Waals surface area (Å²) in [4.78, 5) is 25.8. The van der Waals surface area contributed by atoms with Gasteiger partial charge < -0.3 is 19.9 Å². The van der Waals surface area contributed by atoms with E-state index in [9.17, 15) is 18.7 Å². The molecule has 2 aromatic carbocycles. The van der Waals surface area contributed by atoms with Gasteiger partial charge in [0.05, 0.1) is 24.5 Å². The molecular formula is C29H22F2N4O4. The molecular weight excluding hydrogens is 506 g/mol. The number of carbonyl (C=O) groups excluding carboxylic acids is 1. The van der Waals surface area contributed by atoms with Gasteiger partial charge >= 0.3 is 0 Å². The highest BCUT2D eigenvalue weighted by atomic mass is 19.1. The third-order valence-electron chi connectivity index (χ3n) is 6.10. The molecule has 2 N–H and O–H groups in total. The monoisotopic (exact) mass is 528 g/mol. The quantitative estimate of drug-likeness (QED) is 0.265. The lowest BCUT2D eigenvalue weighted by Crippen LogP contribution is -2.15. The largest absolute Gasteiger partial charge is 0.506 e. The first-order valence-electron chi connectivity index (χ1n) is 11.8. The number of aromatic hydroxyl groups is 1. The summed E-state index contributed by atoms with van der Waals surface area (Å²) in [5.41, 5.74) is 2.39. The second-order valence-corrected chi connectivity index (χ2v) is 8.70. The van der Waals surface area contributed by atoms with Crippen molar-refractivity contribution in [2.24, 2.45) is 0 Å². The van der Waals surface area contributed by atoms with E-state index in [0.29, 0.717) is 27.9 Å². The molecule has 0 saturated heterocycles. The molecule has 3 heterocycles. The molecule has 0 spiro atoms. The minimum atomic E-state index is -0.735. The van der Waals surface area contributed by atoms with Crippen molar-refractivity contribution in [3.8, 4) is 34.1 Å². The van der Waals surface area contributed by atoms with E-state index in [1.807, 2.05) is 0 Å². The first-order valence-corrected chi connectivity index (χ1v) is 11.8. The lowest BCUT2D eigenvalue weighted by Gasteiger charge is -2.14. The van der Waals surface area contributed by atoms with Gasteiger partial charge in [-0.3, -0.25) is 14.8 Å². The fourth-order valence-electron chi connectivity index (χ4n) is 4.04. The number of aryl methyl sites for hydroxylation is 2. The second kappa shape index (κ2) is 10.3. The topological polar surface area (TPSA) is 106 Å². The number of anilines is 1. The second-order valence-electron chi connectivity index (χ2n) is 8.70. The van der Waals surface area contributed by atoms with Crippen LogP contribution in [0.4, 0.5) is 14.5 Å². The molecule has 0 atom stereocenters. The van der Waals surface area contributed by atoms with Gasteiger partial charge in [0.15, 0.2) is 17.3 Å². The van der Waals surface area contributed by atoms with Gasteiger partial charge in [0.2, 0.25) is 0 Å². The van der Waals surface area contributed by atoms with Crippen LogP contribution >= 0.6 is 0 Å². The van der Waals surface area contributed by atoms with Gasteiger partial charge in [-0.15, -0.1) is 0 Å². The summed E-state index contributed by atoms with van der Waals surface area (Å²) < 4.78 is 39.6. The Hall–Kier alpha value is -5.12. The number of aromatic nitrogens is 3. The molecule has 0 radical (unpaired) electrons. The molecule has 0 bridgehead atoms. The summed E-state index contributed by atoms with van der Waals surface area (Å²) in [6, 6.07) is 11.5. The summed E-state index contributed by atoms with van der Waals surface area (Å²) in [5, 5.41) is 13.5. The summed E-state index contributed by atoms with van der Waals surface area (Å²) in [6.45, 7) is 3.16. The number of benzene rings is 2. The number of hydrogen-bond acceptors (Lipinski definition) is 7. The lowest BCUT2D eigenvalue weighted by molar-refractivity contribution is 0.102. The van der Waals surface area contributed by atoms with Crippen molar-refractivity contribution in [3.05, 3.63) is 95.6 Å². The van der Waals surface area contributed by atoms with Gasteiger partial charge in [0.25, 0.3) is 5.91 Å². The average Bonchev–Trinajstić information content (AvgIpc) is 2.91. The normalized spacial score (nSPS) is 10.9. The van der Waals surface area contributed by atoms with Crippen LogP contribution in [-0.4, -0.2) is 33.1 Å². The molecule has 0 aliphatic carbocycles. The highest BCUT2D eigenvalue weighted by Crippen LogP contribution is 2.35. The molecule has 3 aromatic heterocycles. The summed E-state index contributed by atoms with van der Waals surface area (Å²) >= 11 is 0. The van der Waals surface area contributed by atoms with Crippen LogP contribution in [0.5, 0.6) is 23.0 Å².